The number of nitrogens with zero attached hydrogens (tertiary/aromatic N) is 1. The molecule has 0 radical (unpaired) electrons. The van der Waals surface area contributed by atoms with Gasteiger partial charge in [0.2, 0.25) is 5.91 Å². The van der Waals surface area contributed by atoms with Crippen LogP contribution in [0.2, 0.25) is 0 Å². The van der Waals surface area contributed by atoms with E-state index in [0.717, 1.165) is 12.8 Å². The monoisotopic (exact) mass is 277 g/mol. The van der Waals surface area contributed by atoms with E-state index in [1.54, 1.807) is 0 Å². The summed E-state index contributed by atoms with van der Waals surface area (Å²) in [5.41, 5.74) is 2.40. The summed E-state index contributed by atoms with van der Waals surface area (Å²) in [6.45, 7) is 3.67. The third-order valence-electron chi connectivity index (χ3n) is 4.18. The second-order valence-corrected chi connectivity index (χ2v) is 5.38. The van der Waals surface area contributed by atoms with Crippen molar-refractivity contribution in [3.63, 3.8) is 0 Å². The first-order valence-electron chi connectivity index (χ1n) is 7.36. The minimum atomic E-state index is 0.00945. The molecule has 0 aromatic heterocycles. The molecule has 1 heterocycles. The number of hydrogen-bond acceptors (Lipinski definition) is 1. The first-order chi connectivity index (χ1) is 10.3. The quantitative estimate of drug-likeness (QED) is 0.767. The van der Waals surface area contributed by atoms with Crippen LogP contribution in [0.25, 0.3) is 0 Å². The van der Waals surface area contributed by atoms with Crippen LogP contribution >= 0.6 is 0 Å². The maximum atomic E-state index is 12.4. The highest BCUT2D eigenvalue weighted by atomic mass is 16.2. The molecule has 0 unspecified atom stereocenters. The SMILES string of the molecule is C=CC(=O)N1[C@H](c2ccccc2)CC[C@H]1c1ccccc1. The summed E-state index contributed by atoms with van der Waals surface area (Å²) < 4.78 is 0. The van der Waals surface area contributed by atoms with Gasteiger partial charge in [-0.25, -0.2) is 0 Å². The van der Waals surface area contributed by atoms with E-state index in [1.807, 2.05) is 41.3 Å². The Labute approximate surface area is 125 Å². The number of benzene rings is 2. The van der Waals surface area contributed by atoms with Crippen LogP contribution in [0.3, 0.4) is 0 Å². The van der Waals surface area contributed by atoms with Gasteiger partial charge >= 0.3 is 0 Å². The fraction of sp³-hybridized carbons (Fsp3) is 0.211. The van der Waals surface area contributed by atoms with Crippen molar-refractivity contribution in [1.82, 2.24) is 4.90 Å². The minimum Gasteiger partial charge on any atom is -0.325 e. The van der Waals surface area contributed by atoms with Crippen molar-refractivity contribution in [3.8, 4) is 0 Å². The van der Waals surface area contributed by atoms with Crippen molar-refractivity contribution in [2.45, 2.75) is 24.9 Å². The molecule has 0 N–H and O–H groups in total. The Morgan fingerprint density at radius 2 is 1.33 bits per heavy atom. The lowest BCUT2D eigenvalue weighted by Gasteiger charge is -2.30. The van der Waals surface area contributed by atoms with Gasteiger partial charge < -0.3 is 4.90 Å². The summed E-state index contributed by atoms with van der Waals surface area (Å²) in [6.07, 6.45) is 3.41. The highest BCUT2D eigenvalue weighted by Gasteiger charge is 2.37. The van der Waals surface area contributed by atoms with Crippen molar-refractivity contribution in [3.05, 3.63) is 84.4 Å². The molecule has 1 saturated heterocycles. The van der Waals surface area contributed by atoms with E-state index in [9.17, 15) is 4.79 Å². The van der Waals surface area contributed by atoms with Crippen LogP contribution in [-0.2, 0) is 4.79 Å². The lowest BCUT2D eigenvalue weighted by molar-refractivity contribution is -0.129. The van der Waals surface area contributed by atoms with Crippen molar-refractivity contribution in [2.24, 2.45) is 0 Å². The second kappa shape index (κ2) is 5.96. The average Bonchev–Trinajstić information content (AvgIpc) is 3.00. The van der Waals surface area contributed by atoms with Gasteiger partial charge in [0.1, 0.15) is 0 Å². The van der Waals surface area contributed by atoms with E-state index in [4.69, 9.17) is 0 Å². The molecule has 2 aromatic rings. The van der Waals surface area contributed by atoms with Crippen LogP contribution < -0.4 is 0 Å². The van der Waals surface area contributed by atoms with E-state index in [-0.39, 0.29) is 18.0 Å². The highest BCUT2D eigenvalue weighted by molar-refractivity contribution is 5.88. The van der Waals surface area contributed by atoms with Crippen LogP contribution in [0, 0.1) is 0 Å². The Hall–Kier alpha value is -2.35. The van der Waals surface area contributed by atoms with Crippen LogP contribution in [0.4, 0.5) is 0 Å². The molecule has 1 fully saturated rings. The van der Waals surface area contributed by atoms with Gasteiger partial charge in [-0.05, 0) is 30.0 Å². The van der Waals surface area contributed by atoms with Gasteiger partial charge in [-0.1, -0.05) is 67.2 Å². The summed E-state index contributed by atoms with van der Waals surface area (Å²) in [4.78, 5) is 14.4. The fourth-order valence-corrected chi connectivity index (χ4v) is 3.23. The normalized spacial score (nSPS) is 21.2. The van der Waals surface area contributed by atoms with Gasteiger partial charge in [-0.15, -0.1) is 0 Å². The van der Waals surface area contributed by atoms with Gasteiger partial charge in [-0.3, -0.25) is 4.79 Å². The predicted molar refractivity (Wildman–Crippen MR) is 84.6 cm³/mol. The molecule has 0 bridgehead atoms. The molecule has 3 rings (SSSR count). The number of hydrogen-bond donors (Lipinski definition) is 0. The van der Waals surface area contributed by atoms with E-state index >= 15 is 0 Å². The van der Waals surface area contributed by atoms with Crippen molar-refractivity contribution < 1.29 is 4.79 Å². The van der Waals surface area contributed by atoms with Crippen LogP contribution in [-0.4, -0.2) is 10.8 Å². The summed E-state index contributed by atoms with van der Waals surface area (Å²) in [6, 6.07) is 20.8. The van der Waals surface area contributed by atoms with Crippen LogP contribution in [0.15, 0.2) is 73.3 Å². The standard InChI is InChI=1S/C19H19NO/c1-2-19(21)20-17(15-9-5-3-6-10-15)13-14-18(20)16-11-7-4-8-12-16/h2-12,17-18H,1,13-14H2/t17-,18-/m0/s1. The van der Waals surface area contributed by atoms with E-state index in [1.165, 1.54) is 17.2 Å². The number of likely N-dealkylation sites (tertiary alicyclic amines) is 1. The Morgan fingerprint density at radius 1 is 0.905 bits per heavy atom. The highest BCUT2D eigenvalue weighted by Crippen LogP contribution is 2.43. The molecule has 21 heavy (non-hydrogen) atoms. The predicted octanol–water partition coefficient (Wildman–Crippen LogP) is 4.28. The molecule has 0 saturated carbocycles. The molecule has 2 nitrogen and oxygen atoms in total. The molecule has 106 valence electrons. The van der Waals surface area contributed by atoms with Gasteiger partial charge in [0.15, 0.2) is 0 Å². The average molecular weight is 277 g/mol. The Kier molecular flexibility index (Phi) is 3.87. The maximum Gasteiger partial charge on any atom is 0.246 e. The molecule has 2 atom stereocenters. The molecular formula is C19H19NO. The molecule has 1 aliphatic heterocycles. The topological polar surface area (TPSA) is 20.3 Å². The van der Waals surface area contributed by atoms with Crippen LogP contribution in [0.5, 0.6) is 0 Å². The Balaban J connectivity index is 1.97. The molecular weight excluding hydrogens is 258 g/mol. The first kappa shape index (κ1) is 13.6. The zero-order chi connectivity index (χ0) is 14.7. The summed E-state index contributed by atoms with van der Waals surface area (Å²) in [5, 5.41) is 0. The number of carbonyl (C=O) groups excluding carboxylic acids is 1. The number of rotatable bonds is 3. The second-order valence-electron chi connectivity index (χ2n) is 5.38. The van der Waals surface area contributed by atoms with Crippen molar-refractivity contribution in [1.29, 1.82) is 0 Å². The summed E-state index contributed by atoms with van der Waals surface area (Å²) in [7, 11) is 0. The fourth-order valence-electron chi connectivity index (χ4n) is 3.23. The summed E-state index contributed by atoms with van der Waals surface area (Å²) in [5.74, 6) is 0.00945. The number of carbonyl (C=O) groups is 1. The molecule has 2 aromatic carbocycles. The van der Waals surface area contributed by atoms with Crippen molar-refractivity contribution in [2.75, 3.05) is 0 Å². The molecule has 0 spiro atoms. The lowest BCUT2D eigenvalue weighted by Crippen LogP contribution is -2.31. The van der Waals surface area contributed by atoms with Gasteiger partial charge in [-0.2, -0.15) is 0 Å². The zero-order valence-corrected chi connectivity index (χ0v) is 12.0. The van der Waals surface area contributed by atoms with Crippen molar-refractivity contribution >= 4 is 5.91 Å². The van der Waals surface area contributed by atoms with Gasteiger partial charge in [0.25, 0.3) is 0 Å². The largest absolute Gasteiger partial charge is 0.325 e. The van der Waals surface area contributed by atoms with E-state index < -0.39 is 0 Å². The van der Waals surface area contributed by atoms with Gasteiger partial charge in [0.05, 0.1) is 12.1 Å². The third kappa shape index (κ3) is 2.62. The van der Waals surface area contributed by atoms with E-state index in [2.05, 4.69) is 30.8 Å². The van der Waals surface area contributed by atoms with E-state index in [0.29, 0.717) is 0 Å². The minimum absolute atomic E-state index is 0.00945. The maximum absolute atomic E-state index is 12.4. The molecule has 0 aliphatic carbocycles. The molecule has 1 aliphatic rings. The van der Waals surface area contributed by atoms with Gasteiger partial charge in [0, 0.05) is 0 Å². The smallest absolute Gasteiger partial charge is 0.246 e. The lowest BCUT2D eigenvalue weighted by atomic mass is 10.0. The first-order valence-corrected chi connectivity index (χ1v) is 7.36. The third-order valence-corrected chi connectivity index (χ3v) is 4.18. The Morgan fingerprint density at radius 3 is 1.71 bits per heavy atom. The molecule has 1 amide bonds. The Bertz CT molecular complexity index is 573. The zero-order valence-electron chi connectivity index (χ0n) is 12.0. The summed E-state index contributed by atoms with van der Waals surface area (Å²) >= 11 is 0. The number of amides is 1. The van der Waals surface area contributed by atoms with Crippen LogP contribution in [0.1, 0.15) is 36.1 Å². The molecule has 2 heteroatoms.